The van der Waals surface area contributed by atoms with Crippen LogP contribution in [-0.2, 0) is 17.3 Å². The van der Waals surface area contributed by atoms with Gasteiger partial charge in [-0.05, 0) is 24.6 Å². The monoisotopic (exact) mass is 430 g/mol. The van der Waals surface area contributed by atoms with Crippen molar-refractivity contribution in [2.24, 2.45) is 0 Å². The first kappa shape index (κ1) is 22.7. The number of amides is 2. The zero-order valence-corrected chi connectivity index (χ0v) is 16.1. The van der Waals surface area contributed by atoms with Gasteiger partial charge in [-0.25, -0.2) is 4.79 Å². The van der Waals surface area contributed by atoms with Crippen LogP contribution in [0.25, 0.3) is 0 Å². The smallest absolute Gasteiger partial charge is 0.412 e. The fraction of sp³-hybridized carbons (Fsp3) is 0.316. The summed E-state index contributed by atoms with van der Waals surface area (Å²) in [4.78, 5) is 14.6. The molecule has 2 atom stereocenters. The predicted octanol–water partition coefficient (Wildman–Crippen LogP) is 2.85. The van der Waals surface area contributed by atoms with Gasteiger partial charge in [-0.3, -0.25) is 4.21 Å². The highest BCUT2D eigenvalue weighted by molar-refractivity contribution is 7.85. The molecule has 2 aromatic rings. The van der Waals surface area contributed by atoms with E-state index in [2.05, 4.69) is 10.1 Å². The van der Waals surface area contributed by atoms with Gasteiger partial charge in [0.05, 0.1) is 16.0 Å². The maximum absolute atomic E-state index is 12.6. The molecule has 1 heterocycles. The third kappa shape index (κ3) is 6.20. The molecule has 0 saturated carbocycles. The van der Waals surface area contributed by atoms with Crippen LogP contribution in [0, 0.1) is 0 Å². The van der Waals surface area contributed by atoms with Crippen LogP contribution in [0.4, 0.5) is 18.0 Å². The highest BCUT2D eigenvalue weighted by atomic mass is 32.2. The molecule has 29 heavy (non-hydrogen) atoms. The van der Waals surface area contributed by atoms with Gasteiger partial charge < -0.3 is 20.4 Å². The third-order valence-electron chi connectivity index (χ3n) is 4.34. The number of likely N-dealkylation sites (tertiary alicyclic amines) is 1. The van der Waals surface area contributed by atoms with E-state index in [4.69, 9.17) is 0 Å². The van der Waals surface area contributed by atoms with Crippen molar-refractivity contribution in [3.8, 4) is 5.75 Å². The summed E-state index contributed by atoms with van der Waals surface area (Å²) >= 11 is 0. The Bertz CT molecular complexity index is 849. The maximum atomic E-state index is 12.6. The van der Waals surface area contributed by atoms with Crippen molar-refractivity contribution in [2.75, 3.05) is 13.1 Å². The summed E-state index contributed by atoms with van der Waals surface area (Å²) in [6.45, 7) is 0.665. The van der Waals surface area contributed by atoms with Gasteiger partial charge in [0.15, 0.2) is 0 Å². The van der Waals surface area contributed by atoms with Crippen LogP contribution < -0.4 is 10.1 Å². The van der Waals surface area contributed by atoms with Crippen LogP contribution in [0.5, 0.6) is 5.75 Å². The summed E-state index contributed by atoms with van der Waals surface area (Å²) in [6, 6.07) is 14.3. The van der Waals surface area contributed by atoms with Gasteiger partial charge >= 0.3 is 12.4 Å². The molecule has 2 aromatic carbocycles. The molecule has 0 aliphatic carbocycles. The van der Waals surface area contributed by atoms with E-state index in [9.17, 15) is 22.2 Å². The lowest BCUT2D eigenvalue weighted by atomic mass is 10.2. The average Bonchev–Trinajstić information content (AvgIpc) is 3.16. The molecule has 2 unspecified atom stereocenters. The van der Waals surface area contributed by atoms with Crippen molar-refractivity contribution < 1.29 is 32.4 Å². The molecule has 158 valence electrons. The van der Waals surface area contributed by atoms with Crippen molar-refractivity contribution in [2.45, 2.75) is 29.5 Å². The molecular weight excluding hydrogens is 409 g/mol. The van der Waals surface area contributed by atoms with Gasteiger partial charge in [0.1, 0.15) is 5.75 Å². The second kappa shape index (κ2) is 9.75. The van der Waals surface area contributed by atoms with Gasteiger partial charge in [0.25, 0.3) is 0 Å². The van der Waals surface area contributed by atoms with E-state index in [0.717, 1.165) is 0 Å². The minimum atomic E-state index is -4.80. The number of rotatable bonds is 5. The van der Waals surface area contributed by atoms with Crippen molar-refractivity contribution in [1.82, 2.24) is 10.2 Å². The van der Waals surface area contributed by atoms with Crippen molar-refractivity contribution in [3.63, 3.8) is 0 Å². The van der Waals surface area contributed by atoms with Crippen LogP contribution in [-0.4, -0.2) is 45.3 Å². The number of nitrogens with one attached hydrogen (secondary N) is 1. The topological polar surface area (TPSA) is 90.1 Å². The lowest BCUT2D eigenvalue weighted by Gasteiger charge is -2.18. The number of carbonyl (C=O) groups excluding carboxylic acids is 1. The van der Waals surface area contributed by atoms with E-state index in [0.29, 0.717) is 24.4 Å². The summed E-state index contributed by atoms with van der Waals surface area (Å²) in [6.07, 6.45) is -4.20. The van der Waals surface area contributed by atoms with Crippen molar-refractivity contribution in [1.29, 1.82) is 0 Å². The van der Waals surface area contributed by atoms with Crippen LogP contribution in [0.1, 0.15) is 12.0 Å². The number of ether oxygens (including phenoxy) is 1. The van der Waals surface area contributed by atoms with E-state index in [1.54, 1.807) is 18.2 Å². The molecule has 1 aliphatic heterocycles. The Hall–Kier alpha value is -2.59. The summed E-state index contributed by atoms with van der Waals surface area (Å²) < 4.78 is 54.0. The van der Waals surface area contributed by atoms with Gasteiger partial charge in [-0.1, -0.05) is 36.4 Å². The molecule has 0 bridgehead atoms. The van der Waals surface area contributed by atoms with E-state index < -0.39 is 23.2 Å². The highest BCUT2D eigenvalue weighted by Gasteiger charge is 2.33. The van der Waals surface area contributed by atoms with E-state index in [1.165, 1.54) is 23.1 Å². The van der Waals surface area contributed by atoms with Crippen LogP contribution in [0.3, 0.4) is 0 Å². The summed E-state index contributed by atoms with van der Waals surface area (Å²) in [5.74, 6) is -0.347. The molecular formula is C19H21F3N2O4S. The quantitative estimate of drug-likeness (QED) is 0.791. The SMILES string of the molecule is O.O=C(NCc1ccccc1OC(F)(F)F)N1CCC(S(=O)c2ccccc2)C1. The fourth-order valence-electron chi connectivity index (χ4n) is 2.99. The number of benzene rings is 2. The van der Waals surface area contributed by atoms with Crippen molar-refractivity contribution >= 4 is 16.8 Å². The number of alkyl halides is 3. The lowest BCUT2D eigenvalue weighted by Crippen LogP contribution is -2.39. The lowest BCUT2D eigenvalue weighted by molar-refractivity contribution is -0.274. The Morgan fingerprint density at radius 2 is 1.79 bits per heavy atom. The molecule has 1 saturated heterocycles. The summed E-state index contributed by atoms with van der Waals surface area (Å²) in [5, 5.41) is 2.43. The Morgan fingerprint density at radius 3 is 2.48 bits per heavy atom. The molecule has 6 nitrogen and oxygen atoms in total. The van der Waals surface area contributed by atoms with Gasteiger partial charge in [0, 0.05) is 30.1 Å². The van der Waals surface area contributed by atoms with E-state index in [-0.39, 0.29) is 28.6 Å². The average molecular weight is 430 g/mol. The van der Waals surface area contributed by atoms with Crippen LogP contribution in [0.15, 0.2) is 59.5 Å². The van der Waals surface area contributed by atoms with Gasteiger partial charge in [0.2, 0.25) is 0 Å². The minimum Gasteiger partial charge on any atom is -0.412 e. The second-order valence-corrected chi connectivity index (χ2v) is 8.01. The molecule has 3 rings (SSSR count). The zero-order chi connectivity index (χ0) is 20.1. The largest absolute Gasteiger partial charge is 0.573 e. The van der Waals surface area contributed by atoms with Crippen molar-refractivity contribution in [3.05, 3.63) is 60.2 Å². The first-order valence-corrected chi connectivity index (χ1v) is 9.87. The minimum absolute atomic E-state index is 0. The zero-order valence-electron chi connectivity index (χ0n) is 15.3. The number of halogens is 3. The first-order chi connectivity index (χ1) is 13.3. The number of urea groups is 1. The van der Waals surface area contributed by atoms with E-state index >= 15 is 0 Å². The first-order valence-electron chi connectivity index (χ1n) is 8.65. The predicted molar refractivity (Wildman–Crippen MR) is 102 cm³/mol. The number of hydrogen-bond acceptors (Lipinski definition) is 3. The molecule has 0 spiro atoms. The molecule has 0 radical (unpaired) electrons. The molecule has 3 N–H and O–H groups in total. The number of hydrogen-bond donors (Lipinski definition) is 1. The second-order valence-electron chi connectivity index (χ2n) is 6.28. The van der Waals surface area contributed by atoms with Crippen LogP contribution >= 0.6 is 0 Å². The Kier molecular flexibility index (Phi) is 7.63. The molecule has 2 amide bonds. The standard InChI is InChI=1S/C19H19F3N2O3S.H2O/c20-19(21,22)27-17-9-5-4-6-14(17)12-23-18(25)24-11-10-16(13-24)28(26)15-7-2-1-3-8-15;/h1-9,16H,10-13H2,(H,23,25);1H2. The third-order valence-corrected chi connectivity index (χ3v) is 6.07. The Morgan fingerprint density at radius 1 is 1.14 bits per heavy atom. The molecule has 1 fully saturated rings. The number of carbonyl (C=O) groups is 1. The van der Waals surface area contributed by atoms with Gasteiger partial charge in [-0.15, -0.1) is 13.2 Å². The maximum Gasteiger partial charge on any atom is 0.573 e. The molecule has 10 heteroatoms. The van der Waals surface area contributed by atoms with E-state index in [1.807, 2.05) is 18.2 Å². The highest BCUT2D eigenvalue weighted by Crippen LogP contribution is 2.26. The summed E-state index contributed by atoms with van der Waals surface area (Å²) in [7, 11) is -1.22. The van der Waals surface area contributed by atoms with Gasteiger partial charge in [-0.2, -0.15) is 0 Å². The Balaban J connectivity index is 0.00000300. The molecule has 0 aromatic heterocycles. The number of nitrogens with zero attached hydrogens (tertiary/aromatic N) is 1. The number of para-hydroxylation sites is 1. The molecule has 1 aliphatic rings. The van der Waals surface area contributed by atoms with Crippen LogP contribution in [0.2, 0.25) is 0 Å². The normalized spacial score (nSPS) is 17.3. The Labute approximate surface area is 168 Å². The summed E-state index contributed by atoms with van der Waals surface area (Å²) in [5.41, 5.74) is 0.219. The fourth-order valence-corrected chi connectivity index (χ4v) is 4.44.